The van der Waals surface area contributed by atoms with Crippen molar-refractivity contribution in [2.75, 3.05) is 6.54 Å². The van der Waals surface area contributed by atoms with Crippen LogP contribution in [0, 0.1) is 0 Å². The molecule has 170 valence electrons. The molecule has 3 aromatic rings. The first-order valence-corrected chi connectivity index (χ1v) is 11.0. The van der Waals surface area contributed by atoms with Gasteiger partial charge in [0.15, 0.2) is 11.4 Å². The van der Waals surface area contributed by atoms with Crippen molar-refractivity contribution in [1.29, 1.82) is 0 Å². The van der Waals surface area contributed by atoms with Crippen LogP contribution < -0.4 is 5.43 Å². The van der Waals surface area contributed by atoms with E-state index in [4.69, 9.17) is 23.2 Å². The number of hydrogen-bond acceptors (Lipinski definition) is 4. The van der Waals surface area contributed by atoms with Gasteiger partial charge in [-0.15, -0.1) is 0 Å². The fraction of sp³-hybridized carbons (Fsp3) is 0.208. The molecule has 0 radical (unpaired) electrons. The zero-order valence-corrected chi connectivity index (χ0v) is 18.9. The Balaban J connectivity index is 1.72. The zero-order chi connectivity index (χ0) is 23.7. The first-order chi connectivity index (χ1) is 15.8. The summed E-state index contributed by atoms with van der Waals surface area (Å²) in [7, 11) is 0. The molecule has 0 bridgehead atoms. The van der Waals surface area contributed by atoms with Gasteiger partial charge in [-0.25, -0.2) is 0 Å². The van der Waals surface area contributed by atoms with E-state index in [2.05, 4.69) is 0 Å². The van der Waals surface area contributed by atoms with Crippen LogP contribution in [0.3, 0.4) is 0 Å². The number of fused-ring (bicyclic) bond motifs is 1. The van der Waals surface area contributed by atoms with Gasteiger partial charge in [0, 0.05) is 31.4 Å². The lowest BCUT2D eigenvalue weighted by molar-refractivity contribution is -0.139. The van der Waals surface area contributed by atoms with Crippen LogP contribution in [0.25, 0.3) is 0 Å². The van der Waals surface area contributed by atoms with Crippen molar-refractivity contribution in [2.24, 2.45) is 0 Å². The molecule has 0 aliphatic carbocycles. The number of carboxylic acids is 1. The Morgan fingerprint density at radius 2 is 1.70 bits per heavy atom. The predicted molar refractivity (Wildman–Crippen MR) is 124 cm³/mol. The molecule has 1 aliphatic rings. The Hall–Kier alpha value is -3.29. The minimum Gasteiger partial charge on any atom is -0.503 e. The van der Waals surface area contributed by atoms with Gasteiger partial charge in [-0.2, -0.15) is 0 Å². The SMILES string of the molecule is O=C(O)C(Cc1ccccc1)c1cc(=O)c(O)c2n1CCN(Cc1ccc(Cl)c(Cl)c1)C2=O. The second-order valence-corrected chi connectivity index (χ2v) is 8.65. The fourth-order valence-electron chi connectivity index (χ4n) is 4.05. The fourth-order valence-corrected chi connectivity index (χ4v) is 4.37. The molecule has 1 amide bonds. The molecular formula is C24H20Cl2N2O5. The van der Waals surface area contributed by atoms with E-state index in [1.807, 2.05) is 6.07 Å². The number of rotatable bonds is 6. The van der Waals surface area contributed by atoms with Crippen molar-refractivity contribution >= 4 is 35.1 Å². The highest BCUT2D eigenvalue weighted by molar-refractivity contribution is 6.42. The molecular weight excluding hydrogens is 467 g/mol. The molecule has 0 spiro atoms. The summed E-state index contributed by atoms with van der Waals surface area (Å²) in [4.78, 5) is 39.4. The van der Waals surface area contributed by atoms with Crippen LogP contribution in [-0.2, 0) is 24.3 Å². The van der Waals surface area contributed by atoms with Gasteiger partial charge in [-0.3, -0.25) is 14.4 Å². The van der Waals surface area contributed by atoms with Crippen molar-refractivity contribution < 1.29 is 19.8 Å². The van der Waals surface area contributed by atoms with Crippen molar-refractivity contribution in [3.8, 4) is 5.75 Å². The highest BCUT2D eigenvalue weighted by Crippen LogP contribution is 2.29. The number of aromatic hydroxyl groups is 1. The Labute approximate surface area is 199 Å². The van der Waals surface area contributed by atoms with Crippen LogP contribution >= 0.6 is 23.2 Å². The van der Waals surface area contributed by atoms with Gasteiger partial charge in [-0.05, 0) is 29.7 Å². The zero-order valence-electron chi connectivity index (χ0n) is 17.4. The second kappa shape index (κ2) is 9.29. The average molecular weight is 487 g/mol. The molecule has 2 heterocycles. The van der Waals surface area contributed by atoms with Gasteiger partial charge in [0.2, 0.25) is 5.43 Å². The Morgan fingerprint density at radius 3 is 2.36 bits per heavy atom. The number of halogens is 2. The molecule has 0 saturated carbocycles. The summed E-state index contributed by atoms with van der Waals surface area (Å²) in [5, 5.41) is 21.1. The summed E-state index contributed by atoms with van der Waals surface area (Å²) in [5.41, 5.74) is 0.704. The first kappa shape index (κ1) is 22.9. The minimum atomic E-state index is -1.12. The summed E-state index contributed by atoms with van der Waals surface area (Å²) in [6.45, 7) is 0.684. The molecule has 1 unspecified atom stereocenters. The standard InChI is InChI=1S/C24H20Cl2N2O5/c25-17-7-6-15(11-18(17)26)13-27-8-9-28-19(12-20(29)22(30)21(28)23(27)31)16(24(32)33)10-14-4-2-1-3-5-14/h1-7,11-12,16,30H,8-10,13H2,(H,32,33). The van der Waals surface area contributed by atoms with Gasteiger partial charge >= 0.3 is 5.97 Å². The van der Waals surface area contributed by atoms with E-state index in [1.165, 1.54) is 9.47 Å². The number of carbonyl (C=O) groups excluding carboxylic acids is 1. The minimum absolute atomic E-state index is 0.140. The number of pyridine rings is 1. The number of carbonyl (C=O) groups is 2. The highest BCUT2D eigenvalue weighted by Gasteiger charge is 2.34. The van der Waals surface area contributed by atoms with Gasteiger partial charge < -0.3 is 19.7 Å². The highest BCUT2D eigenvalue weighted by atomic mass is 35.5. The lowest BCUT2D eigenvalue weighted by atomic mass is 9.94. The number of hydrogen-bond donors (Lipinski definition) is 2. The molecule has 33 heavy (non-hydrogen) atoms. The van der Waals surface area contributed by atoms with Gasteiger partial charge in [0.1, 0.15) is 5.92 Å². The Morgan fingerprint density at radius 1 is 0.970 bits per heavy atom. The third-order valence-electron chi connectivity index (χ3n) is 5.70. The third kappa shape index (κ3) is 4.60. The molecule has 7 nitrogen and oxygen atoms in total. The second-order valence-electron chi connectivity index (χ2n) is 7.84. The summed E-state index contributed by atoms with van der Waals surface area (Å²) in [6, 6.07) is 15.2. The summed E-state index contributed by atoms with van der Waals surface area (Å²) in [5.74, 6) is -3.43. The van der Waals surface area contributed by atoms with E-state index in [1.54, 1.807) is 42.5 Å². The summed E-state index contributed by atoms with van der Waals surface area (Å²) in [6.07, 6.45) is 0.140. The molecule has 1 aromatic heterocycles. The van der Waals surface area contributed by atoms with Crippen molar-refractivity contribution in [3.05, 3.63) is 97.4 Å². The van der Waals surface area contributed by atoms with E-state index in [0.29, 0.717) is 10.0 Å². The number of benzene rings is 2. The molecule has 4 rings (SSSR count). The number of amides is 1. The lowest BCUT2D eigenvalue weighted by Crippen LogP contribution is -2.42. The van der Waals surface area contributed by atoms with Crippen molar-refractivity contribution in [2.45, 2.75) is 25.4 Å². The molecule has 1 atom stereocenters. The first-order valence-electron chi connectivity index (χ1n) is 10.2. The van der Waals surface area contributed by atoms with E-state index < -0.39 is 29.0 Å². The van der Waals surface area contributed by atoms with Crippen LogP contribution in [-0.4, -0.2) is 38.1 Å². The predicted octanol–water partition coefficient (Wildman–Crippen LogP) is 3.93. The number of aromatic nitrogens is 1. The van der Waals surface area contributed by atoms with Crippen LogP contribution in [0.4, 0.5) is 0 Å². The summed E-state index contributed by atoms with van der Waals surface area (Å²) >= 11 is 12.0. The lowest BCUT2D eigenvalue weighted by Gasteiger charge is -2.33. The molecule has 0 fully saturated rings. The normalized spacial score (nSPS) is 14.1. The van der Waals surface area contributed by atoms with Crippen LogP contribution in [0.15, 0.2) is 59.4 Å². The van der Waals surface area contributed by atoms with Gasteiger partial charge in [0.25, 0.3) is 5.91 Å². The molecule has 0 saturated heterocycles. The number of aliphatic carboxylic acids is 1. The Bertz CT molecular complexity index is 1290. The average Bonchev–Trinajstić information content (AvgIpc) is 2.79. The third-order valence-corrected chi connectivity index (χ3v) is 6.44. The number of nitrogens with zero attached hydrogens (tertiary/aromatic N) is 2. The topological polar surface area (TPSA) is 99.8 Å². The molecule has 2 aromatic carbocycles. The van der Waals surface area contributed by atoms with Crippen LogP contribution in [0.1, 0.15) is 33.2 Å². The molecule has 1 aliphatic heterocycles. The van der Waals surface area contributed by atoms with E-state index in [-0.39, 0.29) is 37.4 Å². The van der Waals surface area contributed by atoms with E-state index >= 15 is 0 Å². The maximum absolute atomic E-state index is 13.2. The van der Waals surface area contributed by atoms with Gasteiger partial charge in [0.05, 0.1) is 10.0 Å². The quantitative estimate of drug-likeness (QED) is 0.549. The van der Waals surface area contributed by atoms with Crippen LogP contribution in [0.5, 0.6) is 5.75 Å². The van der Waals surface area contributed by atoms with E-state index in [9.17, 15) is 24.6 Å². The van der Waals surface area contributed by atoms with Crippen LogP contribution in [0.2, 0.25) is 10.0 Å². The maximum atomic E-state index is 13.2. The van der Waals surface area contributed by atoms with Crippen molar-refractivity contribution in [1.82, 2.24) is 9.47 Å². The van der Waals surface area contributed by atoms with E-state index in [0.717, 1.165) is 17.2 Å². The smallest absolute Gasteiger partial charge is 0.312 e. The Kier molecular flexibility index (Phi) is 6.44. The monoisotopic (exact) mass is 486 g/mol. The van der Waals surface area contributed by atoms with Crippen molar-refractivity contribution in [3.63, 3.8) is 0 Å². The van der Waals surface area contributed by atoms with Gasteiger partial charge in [-0.1, -0.05) is 59.6 Å². The maximum Gasteiger partial charge on any atom is 0.312 e. The summed E-state index contributed by atoms with van der Waals surface area (Å²) < 4.78 is 1.45. The molecule has 2 N–H and O–H groups in total. The number of carboxylic acid groups (broad SMARTS) is 1. The molecule has 9 heteroatoms. The largest absolute Gasteiger partial charge is 0.503 e.